The van der Waals surface area contributed by atoms with Crippen LogP contribution in [-0.2, 0) is 43.5 Å². The zero-order valence-corrected chi connectivity index (χ0v) is 23.4. The molecule has 3 unspecified atom stereocenters. The highest BCUT2D eigenvalue weighted by Crippen LogP contribution is 2.31. The second-order valence-electron chi connectivity index (χ2n) is 10.2. The van der Waals surface area contributed by atoms with E-state index in [1.165, 1.54) is 0 Å². The second kappa shape index (κ2) is 15.4. The van der Waals surface area contributed by atoms with Gasteiger partial charge in [0.2, 0.25) is 0 Å². The minimum atomic E-state index is -0.874. The molecule has 5 rings (SSSR count). The Morgan fingerprint density at radius 1 is 0.595 bits per heavy atom. The van der Waals surface area contributed by atoms with Crippen molar-refractivity contribution in [1.82, 2.24) is 0 Å². The molecule has 0 aliphatic carbocycles. The fraction of sp³-hybridized carbons (Fsp3) is 0.286. The van der Waals surface area contributed by atoms with Crippen molar-refractivity contribution >= 4 is 5.97 Å². The van der Waals surface area contributed by atoms with Gasteiger partial charge < -0.3 is 28.8 Å². The summed E-state index contributed by atoms with van der Waals surface area (Å²) in [6.45, 7) is 0.693. The number of benzene rings is 4. The highest BCUT2D eigenvalue weighted by molar-refractivity contribution is 5.89. The molecular weight excluding hydrogens is 532 g/mol. The number of rotatable bonds is 13. The Morgan fingerprint density at radius 2 is 1.07 bits per heavy atom. The van der Waals surface area contributed by atoms with Crippen molar-refractivity contribution in [2.24, 2.45) is 0 Å². The Hall–Kier alpha value is -3.85. The maximum Gasteiger partial charge on any atom is 0.338 e. The summed E-state index contributed by atoms with van der Waals surface area (Å²) in [4.78, 5) is 13.3. The molecule has 7 nitrogen and oxygen atoms in total. The standard InChI is InChI=1S/C35H36O7/c36-21-30-32(39-23-27-15-7-2-8-16-27)34(40-24-28-17-9-3-10-18-28)33(42-35(37)29-19-11-4-12-20-29)31(41-30)25-38-22-26-13-5-1-6-14-26/h1-20,30-34,36H,21-25H2/t30-,31+,32?,33?,34?/m0/s1. The van der Waals surface area contributed by atoms with Crippen LogP contribution < -0.4 is 0 Å². The van der Waals surface area contributed by atoms with Gasteiger partial charge in [0.1, 0.15) is 24.4 Å². The van der Waals surface area contributed by atoms with E-state index < -0.39 is 36.5 Å². The van der Waals surface area contributed by atoms with E-state index in [0.29, 0.717) is 12.2 Å². The Morgan fingerprint density at radius 3 is 1.60 bits per heavy atom. The van der Waals surface area contributed by atoms with Gasteiger partial charge >= 0.3 is 5.97 Å². The van der Waals surface area contributed by atoms with Gasteiger partial charge in [-0.05, 0) is 28.8 Å². The lowest BCUT2D eigenvalue weighted by molar-refractivity contribution is -0.265. The fourth-order valence-corrected chi connectivity index (χ4v) is 4.97. The molecule has 1 aliphatic heterocycles. The Bertz CT molecular complexity index is 1340. The Labute approximate surface area is 246 Å². The summed E-state index contributed by atoms with van der Waals surface area (Å²) >= 11 is 0. The molecule has 218 valence electrons. The SMILES string of the molecule is O=C(OC1C(OCc2ccccc2)C(OCc2ccccc2)[C@H](CO)O[C@@H]1COCc1ccccc1)c1ccccc1. The minimum Gasteiger partial charge on any atom is -0.453 e. The molecule has 0 amide bonds. The average Bonchev–Trinajstić information content (AvgIpc) is 3.05. The van der Waals surface area contributed by atoms with E-state index in [4.69, 9.17) is 23.7 Å². The lowest BCUT2D eigenvalue weighted by atomic mass is 9.94. The van der Waals surface area contributed by atoms with Crippen molar-refractivity contribution in [2.75, 3.05) is 13.2 Å². The normalized spacial score (nSPS) is 22.0. The molecule has 1 fully saturated rings. The van der Waals surface area contributed by atoms with Crippen LogP contribution in [0.4, 0.5) is 0 Å². The van der Waals surface area contributed by atoms with E-state index in [1.807, 2.05) is 97.1 Å². The highest BCUT2D eigenvalue weighted by atomic mass is 16.6. The number of hydrogen-bond donors (Lipinski definition) is 1. The van der Waals surface area contributed by atoms with E-state index in [9.17, 15) is 9.90 Å². The molecule has 1 N–H and O–H groups in total. The van der Waals surface area contributed by atoms with Crippen LogP contribution in [0.25, 0.3) is 0 Å². The smallest absolute Gasteiger partial charge is 0.338 e. The van der Waals surface area contributed by atoms with Gasteiger partial charge in [0.15, 0.2) is 6.10 Å². The number of aliphatic hydroxyl groups is 1. The molecule has 42 heavy (non-hydrogen) atoms. The van der Waals surface area contributed by atoms with Crippen molar-refractivity contribution in [3.8, 4) is 0 Å². The highest BCUT2D eigenvalue weighted by Gasteiger charge is 2.49. The first-order valence-electron chi connectivity index (χ1n) is 14.2. The molecule has 7 heteroatoms. The molecule has 4 aromatic rings. The summed E-state index contributed by atoms with van der Waals surface area (Å²) in [5.74, 6) is -0.505. The Balaban J connectivity index is 1.42. The van der Waals surface area contributed by atoms with Crippen molar-refractivity contribution in [1.29, 1.82) is 0 Å². The topological polar surface area (TPSA) is 83.5 Å². The van der Waals surface area contributed by atoms with Gasteiger partial charge in [-0.2, -0.15) is 0 Å². The van der Waals surface area contributed by atoms with Crippen LogP contribution in [-0.4, -0.2) is 54.8 Å². The van der Waals surface area contributed by atoms with Crippen molar-refractivity contribution in [2.45, 2.75) is 50.3 Å². The molecule has 0 spiro atoms. The summed E-state index contributed by atoms with van der Waals surface area (Å²) in [6, 6.07) is 38.1. The van der Waals surface area contributed by atoms with Crippen LogP contribution in [0.1, 0.15) is 27.0 Å². The fourth-order valence-electron chi connectivity index (χ4n) is 4.97. The van der Waals surface area contributed by atoms with Gasteiger partial charge in [0, 0.05) is 0 Å². The van der Waals surface area contributed by atoms with Crippen molar-refractivity contribution in [3.63, 3.8) is 0 Å². The summed E-state index contributed by atoms with van der Waals surface area (Å²) in [7, 11) is 0. The van der Waals surface area contributed by atoms with E-state index in [1.54, 1.807) is 24.3 Å². The van der Waals surface area contributed by atoms with Crippen LogP contribution in [0.15, 0.2) is 121 Å². The second-order valence-corrected chi connectivity index (χ2v) is 10.2. The van der Waals surface area contributed by atoms with Gasteiger partial charge in [-0.1, -0.05) is 109 Å². The maximum atomic E-state index is 13.3. The van der Waals surface area contributed by atoms with Crippen LogP contribution in [0.3, 0.4) is 0 Å². The summed E-state index contributed by atoms with van der Waals surface area (Å²) in [6.07, 6.45) is -3.79. The third-order valence-electron chi connectivity index (χ3n) is 7.13. The first-order valence-corrected chi connectivity index (χ1v) is 14.2. The summed E-state index contributed by atoms with van der Waals surface area (Å²) < 4.78 is 31.4. The molecule has 1 aliphatic rings. The van der Waals surface area contributed by atoms with Crippen molar-refractivity contribution < 1.29 is 33.6 Å². The van der Waals surface area contributed by atoms with Gasteiger partial charge in [-0.3, -0.25) is 0 Å². The van der Waals surface area contributed by atoms with Gasteiger partial charge in [0.25, 0.3) is 0 Å². The van der Waals surface area contributed by atoms with Gasteiger partial charge in [-0.15, -0.1) is 0 Å². The minimum absolute atomic E-state index is 0.120. The van der Waals surface area contributed by atoms with Crippen LogP contribution in [0.2, 0.25) is 0 Å². The predicted octanol–water partition coefficient (Wildman–Crippen LogP) is 5.36. The molecule has 1 saturated heterocycles. The van der Waals surface area contributed by atoms with Crippen molar-refractivity contribution in [3.05, 3.63) is 144 Å². The third-order valence-corrected chi connectivity index (χ3v) is 7.13. The number of hydrogen-bond acceptors (Lipinski definition) is 7. The molecule has 0 bridgehead atoms. The van der Waals surface area contributed by atoms with E-state index in [0.717, 1.165) is 16.7 Å². The lowest BCUT2D eigenvalue weighted by Crippen LogP contribution is -2.62. The first-order chi connectivity index (χ1) is 20.7. The van der Waals surface area contributed by atoms with Gasteiger partial charge in [-0.25, -0.2) is 4.79 Å². The lowest BCUT2D eigenvalue weighted by Gasteiger charge is -2.45. The number of aliphatic hydroxyl groups excluding tert-OH is 1. The monoisotopic (exact) mass is 568 g/mol. The number of ether oxygens (including phenoxy) is 5. The molecule has 0 radical (unpaired) electrons. The van der Waals surface area contributed by atoms with Crippen LogP contribution >= 0.6 is 0 Å². The van der Waals surface area contributed by atoms with Crippen LogP contribution in [0.5, 0.6) is 0 Å². The van der Waals surface area contributed by atoms with E-state index in [2.05, 4.69) is 0 Å². The largest absolute Gasteiger partial charge is 0.453 e. The molecule has 0 saturated carbocycles. The zero-order chi connectivity index (χ0) is 29.0. The average molecular weight is 569 g/mol. The predicted molar refractivity (Wildman–Crippen MR) is 158 cm³/mol. The summed E-state index contributed by atoms with van der Waals surface area (Å²) in [5, 5.41) is 10.4. The number of carbonyl (C=O) groups is 1. The van der Waals surface area contributed by atoms with E-state index in [-0.39, 0.29) is 26.4 Å². The molecule has 1 heterocycles. The third kappa shape index (κ3) is 8.12. The molecule has 0 aromatic heterocycles. The van der Waals surface area contributed by atoms with Crippen LogP contribution in [0, 0.1) is 0 Å². The Kier molecular flexibility index (Phi) is 10.9. The quantitative estimate of drug-likeness (QED) is 0.218. The van der Waals surface area contributed by atoms with Gasteiger partial charge in [0.05, 0.1) is 38.6 Å². The maximum absolute atomic E-state index is 13.3. The molecule has 5 atom stereocenters. The first kappa shape index (κ1) is 29.6. The number of esters is 1. The molecular formula is C35H36O7. The van der Waals surface area contributed by atoms with E-state index >= 15 is 0 Å². The zero-order valence-electron chi connectivity index (χ0n) is 23.4. The summed E-state index contributed by atoms with van der Waals surface area (Å²) in [5.41, 5.74) is 3.33. The molecule has 4 aromatic carbocycles. The number of carbonyl (C=O) groups excluding carboxylic acids is 1.